The van der Waals surface area contributed by atoms with Gasteiger partial charge in [-0.15, -0.1) is 11.3 Å². The van der Waals surface area contributed by atoms with Crippen LogP contribution in [-0.4, -0.2) is 0 Å². The zero-order chi connectivity index (χ0) is 12.3. The zero-order valence-corrected chi connectivity index (χ0v) is 10.9. The third-order valence-electron chi connectivity index (χ3n) is 2.75. The fraction of sp³-hybridized carbons (Fsp3) is 0.286. The molecule has 1 N–H and O–H groups in total. The molecule has 17 heavy (non-hydrogen) atoms. The molecule has 1 nitrogen and oxygen atoms in total. The molecule has 0 saturated carbocycles. The molecule has 90 valence electrons. The van der Waals surface area contributed by atoms with Gasteiger partial charge < -0.3 is 5.32 Å². The maximum atomic E-state index is 13.5. The van der Waals surface area contributed by atoms with Gasteiger partial charge in [0.1, 0.15) is 5.82 Å². The van der Waals surface area contributed by atoms with E-state index >= 15 is 0 Å². The average Bonchev–Trinajstić information content (AvgIpc) is 2.73. The molecule has 2 rings (SSSR count). The van der Waals surface area contributed by atoms with Gasteiger partial charge in [0.2, 0.25) is 0 Å². The number of nitrogens with one attached hydrogen (secondary N) is 1. The summed E-state index contributed by atoms with van der Waals surface area (Å²) in [6.45, 7) is 4.86. The topological polar surface area (TPSA) is 12.0 Å². The van der Waals surface area contributed by atoms with Crippen molar-refractivity contribution in [1.82, 2.24) is 5.32 Å². The molecule has 0 fully saturated rings. The first-order chi connectivity index (χ1) is 8.16. The van der Waals surface area contributed by atoms with Crippen LogP contribution in [0.5, 0.6) is 0 Å². The summed E-state index contributed by atoms with van der Waals surface area (Å²) in [6, 6.07) is 11.2. The Balaban J connectivity index is 1.98. The van der Waals surface area contributed by atoms with Crippen molar-refractivity contribution < 1.29 is 4.39 Å². The predicted octanol–water partition coefficient (Wildman–Crippen LogP) is 4.05. The summed E-state index contributed by atoms with van der Waals surface area (Å²) in [5.74, 6) is -0.144. The van der Waals surface area contributed by atoms with E-state index in [1.54, 1.807) is 17.4 Å². The molecule has 0 unspecified atom stereocenters. The standard InChI is InChI=1S/C14H16FNS/c1-10-7-8-12(17-10)9-16-11(2)13-5-3-4-6-14(13)15/h3-8,11,16H,9H2,1-2H3/t11-/m1/s1. The van der Waals surface area contributed by atoms with E-state index < -0.39 is 0 Å². The number of benzene rings is 1. The van der Waals surface area contributed by atoms with Gasteiger partial charge in [-0.1, -0.05) is 18.2 Å². The Bertz CT molecular complexity index is 492. The van der Waals surface area contributed by atoms with Gasteiger partial charge in [0.05, 0.1) is 0 Å². The predicted molar refractivity (Wildman–Crippen MR) is 70.7 cm³/mol. The average molecular weight is 249 g/mol. The van der Waals surface area contributed by atoms with E-state index in [4.69, 9.17) is 0 Å². The Morgan fingerprint density at radius 1 is 1.24 bits per heavy atom. The van der Waals surface area contributed by atoms with Crippen molar-refractivity contribution in [1.29, 1.82) is 0 Å². The Morgan fingerprint density at radius 2 is 2.00 bits per heavy atom. The van der Waals surface area contributed by atoms with Crippen LogP contribution in [-0.2, 0) is 6.54 Å². The highest BCUT2D eigenvalue weighted by Crippen LogP contribution is 2.19. The van der Waals surface area contributed by atoms with E-state index in [1.165, 1.54) is 15.8 Å². The minimum atomic E-state index is -0.144. The molecule has 0 aliphatic heterocycles. The van der Waals surface area contributed by atoms with Gasteiger partial charge in [0, 0.05) is 27.9 Å². The molecule has 0 aliphatic carbocycles. The molecule has 3 heteroatoms. The highest BCUT2D eigenvalue weighted by atomic mass is 32.1. The first-order valence-corrected chi connectivity index (χ1v) is 6.51. The molecule has 0 bridgehead atoms. The van der Waals surface area contributed by atoms with Gasteiger partial charge in [0.15, 0.2) is 0 Å². The number of halogens is 1. The summed E-state index contributed by atoms with van der Waals surface area (Å²) in [6.07, 6.45) is 0. The van der Waals surface area contributed by atoms with Gasteiger partial charge >= 0.3 is 0 Å². The summed E-state index contributed by atoms with van der Waals surface area (Å²) in [7, 11) is 0. The molecule has 0 amide bonds. The quantitative estimate of drug-likeness (QED) is 0.862. The first kappa shape index (κ1) is 12.3. The number of rotatable bonds is 4. The molecule has 2 aromatic rings. The van der Waals surface area contributed by atoms with Crippen LogP contribution in [0.15, 0.2) is 36.4 Å². The third-order valence-corrected chi connectivity index (χ3v) is 3.75. The van der Waals surface area contributed by atoms with E-state index in [9.17, 15) is 4.39 Å². The van der Waals surface area contributed by atoms with Gasteiger partial charge in [0.25, 0.3) is 0 Å². The Kier molecular flexibility index (Phi) is 3.92. The fourth-order valence-electron chi connectivity index (χ4n) is 1.77. The Morgan fingerprint density at radius 3 is 2.65 bits per heavy atom. The van der Waals surface area contributed by atoms with E-state index in [1.807, 2.05) is 19.1 Å². The van der Waals surface area contributed by atoms with Crippen molar-refractivity contribution >= 4 is 11.3 Å². The number of hydrogen-bond acceptors (Lipinski definition) is 2. The zero-order valence-electron chi connectivity index (χ0n) is 10.0. The van der Waals surface area contributed by atoms with Gasteiger partial charge in [-0.3, -0.25) is 0 Å². The lowest BCUT2D eigenvalue weighted by atomic mass is 10.1. The summed E-state index contributed by atoms with van der Waals surface area (Å²) in [5.41, 5.74) is 0.723. The molecule has 0 saturated heterocycles. The van der Waals surface area contributed by atoms with Crippen LogP contribution in [0.3, 0.4) is 0 Å². The van der Waals surface area contributed by atoms with Crippen LogP contribution in [0.2, 0.25) is 0 Å². The van der Waals surface area contributed by atoms with E-state index in [0.29, 0.717) is 0 Å². The molecule has 1 aromatic carbocycles. The molecule has 1 aromatic heterocycles. The van der Waals surface area contributed by atoms with Crippen molar-refractivity contribution in [3.8, 4) is 0 Å². The second-order valence-electron chi connectivity index (χ2n) is 4.14. The molecular formula is C14H16FNS. The summed E-state index contributed by atoms with van der Waals surface area (Å²) in [5, 5.41) is 3.34. The minimum absolute atomic E-state index is 0.0265. The smallest absolute Gasteiger partial charge is 0.127 e. The SMILES string of the molecule is Cc1ccc(CN[C@H](C)c2ccccc2F)s1. The maximum Gasteiger partial charge on any atom is 0.127 e. The largest absolute Gasteiger partial charge is 0.305 e. The highest BCUT2D eigenvalue weighted by molar-refractivity contribution is 7.11. The summed E-state index contributed by atoms with van der Waals surface area (Å²) in [4.78, 5) is 2.59. The number of aryl methyl sites for hydroxylation is 1. The summed E-state index contributed by atoms with van der Waals surface area (Å²) < 4.78 is 13.5. The van der Waals surface area contributed by atoms with Gasteiger partial charge in [-0.05, 0) is 32.0 Å². The van der Waals surface area contributed by atoms with Gasteiger partial charge in [-0.2, -0.15) is 0 Å². The number of hydrogen-bond donors (Lipinski definition) is 1. The van der Waals surface area contributed by atoms with Crippen LogP contribution in [0.1, 0.15) is 28.3 Å². The van der Waals surface area contributed by atoms with Crippen LogP contribution in [0.4, 0.5) is 4.39 Å². The molecule has 0 aliphatic rings. The first-order valence-electron chi connectivity index (χ1n) is 5.70. The van der Waals surface area contributed by atoms with E-state index in [-0.39, 0.29) is 11.9 Å². The lowest BCUT2D eigenvalue weighted by Crippen LogP contribution is -2.18. The minimum Gasteiger partial charge on any atom is -0.305 e. The van der Waals surface area contributed by atoms with Crippen LogP contribution < -0.4 is 5.32 Å². The second kappa shape index (κ2) is 5.43. The molecule has 1 atom stereocenters. The maximum absolute atomic E-state index is 13.5. The monoisotopic (exact) mass is 249 g/mol. The lowest BCUT2D eigenvalue weighted by molar-refractivity contribution is 0.530. The van der Waals surface area contributed by atoms with Crippen molar-refractivity contribution in [3.05, 3.63) is 57.5 Å². The van der Waals surface area contributed by atoms with Crippen molar-refractivity contribution in [2.45, 2.75) is 26.4 Å². The molecule has 1 heterocycles. The number of thiophene rings is 1. The van der Waals surface area contributed by atoms with Crippen molar-refractivity contribution in [3.63, 3.8) is 0 Å². The Labute approximate surface area is 105 Å². The summed E-state index contributed by atoms with van der Waals surface area (Å²) >= 11 is 1.77. The molecule has 0 radical (unpaired) electrons. The third kappa shape index (κ3) is 3.14. The molecule has 0 spiro atoms. The fourth-order valence-corrected chi connectivity index (χ4v) is 2.61. The van der Waals surface area contributed by atoms with Crippen LogP contribution in [0.25, 0.3) is 0 Å². The Hall–Kier alpha value is -1.19. The molecular weight excluding hydrogens is 233 g/mol. The van der Waals surface area contributed by atoms with E-state index in [2.05, 4.69) is 24.4 Å². The van der Waals surface area contributed by atoms with Crippen molar-refractivity contribution in [2.24, 2.45) is 0 Å². The van der Waals surface area contributed by atoms with Crippen LogP contribution >= 0.6 is 11.3 Å². The second-order valence-corrected chi connectivity index (χ2v) is 5.51. The normalized spacial score (nSPS) is 12.6. The highest BCUT2D eigenvalue weighted by Gasteiger charge is 2.09. The van der Waals surface area contributed by atoms with E-state index in [0.717, 1.165) is 12.1 Å². The van der Waals surface area contributed by atoms with Gasteiger partial charge in [-0.25, -0.2) is 4.39 Å². The lowest BCUT2D eigenvalue weighted by Gasteiger charge is -2.14. The van der Waals surface area contributed by atoms with Crippen molar-refractivity contribution in [2.75, 3.05) is 0 Å². The van der Waals surface area contributed by atoms with Crippen LogP contribution in [0, 0.1) is 12.7 Å².